The predicted molar refractivity (Wildman–Crippen MR) is 102 cm³/mol. The highest BCUT2D eigenvalue weighted by atomic mass is 32.1. The summed E-state index contributed by atoms with van der Waals surface area (Å²) in [6.07, 6.45) is 2.38. The summed E-state index contributed by atoms with van der Waals surface area (Å²) in [6, 6.07) is 9.37. The van der Waals surface area contributed by atoms with E-state index in [0.717, 1.165) is 32.5 Å². The number of benzene rings is 2. The Hall–Kier alpha value is -2.53. The lowest BCUT2D eigenvalue weighted by Gasteiger charge is -2.13. The van der Waals surface area contributed by atoms with Gasteiger partial charge in [0.15, 0.2) is 0 Å². The monoisotopic (exact) mass is 368 g/mol. The number of aliphatic carboxylic acids is 1. The highest BCUT2D eigenvalue weighted by molar-refractivity contribution is 7.17. The van der Waals surface area contributed by atoms with Crippen molar-refractivity contribution in [2.75, 3.05) is 0 Å². The molecule has 134 valence electrons. The molecule has 0 aliphatic heterocycles. The lowest BCUT2D eigenvalue weighted by atomic mass is 10.0. The first-order valence-corrected chi connectivity index (χ1v) is 9.57. The Bertz CT molecular complexity index is 985. The molecule has 2 aromatic carbocycles. The third kappa shape index (κ3) is 3.27. The molecule has 1 heterocycles. The lowest BCUT2D eigenvalue weighted by molar-refractivity contribution is -0.136. The third-order valence-corrected chi connectivity index (χ3v) is 6.06. The highest BCUT2D eigenvalue weighted by Crippen LogP contribution is 2.43. The maximum absolute atomic E-state index is 11.0. The smallest absolute Gasteiger partial charge is 0.307 e. The number of carboxylic acid groups (broad SMARTS) is 1. The molecule has 1 aliphatic carbocycles. The van der Waals surface area contributed by atoms with Crippen molar-refractivity contribution in [3.8, 4) is 11.5 Å². The first kappa shape index (κ1) is 16.9. The van der Waals surface area contributed by atoms with E-state index in [2.05, 4.69) is 0 Å². The molecule has 0 bridgehead atoms. The summed E-state index contributed by atoms with van der Waals surface area (Å²) in [7, 11) is 0. The average molecular weight is 368 g/mol. The minimum absolute atomic E-state index is 0.0396. The summed E-state index contributed by atoms with van der Waals surface area (Å²) < 4.78 is 7.16. The molecule has 0 unspecified atom stereocenters. The van der Waals surface area contributed by atoms with Crippen LogP contribution in [0.2, 0.25) is 0 Å². The van der Waals surface area contributed by atoms with Crippen molar-refractivity contribution in [1.29, 1.82) is 0 Å². The van der Waals surface area contributed by atoms with Gasteiger partial charge in [-0.1, -0.05) is 6.07 Å². The number of hydrogen-bond acceptors (Lipinski definition) is 4. The Balaban J connectivity index is 1.58. The van der Waals surface area contributed by atoms with Crippen LogP contribution < -0.4 is 4.74 Å². The fourth-order valence-electron chi connectivity index (χ4n) is 3.37. The SMILES string of the molecule is Cc1c(OCc2ccc(O)cc2C2CC2)ccc2c(CC(=O)O)csc12. The molecule has 1 aromatic heterocycles. The standard InChI is InChI=1S/C21H20O4S/c1-12-19(7-6-17-15(8-20(23)24)11-26-21(12)17)25-10-14-4-5-16(22)9-18(14)13-2-3-13/h4-7,9,11,13,22H,2-3,8,10H2,1H3,(H,23,24). The molecule has 0 amide bonds. The van der Waals surface area contributed by atoms with E-state index in [9.17, 15) is 9.90 Å². The number of carboxylic acids is 1. The van der Waals surface area contributed by atoms with Crippen molar-refractivity contribution in [3.05, 3.63) is 58.0 Å². The summed E-state index contributed by atoms with van der Waals surface area (Å²) in [5.41, 5.74) is 4.18. The van der Waals surface area contributed by atoms with Crippen LogP contribution in [0, 0.1) is 6.92 Å². The second-order valence-corrected chi connectivity index (χ2v) is 7.72. The van der Waals surface area contributed by atoms with Gasteiger partial charge in [-0.3, -0.25) is 4.79 Å². The van der Waals surface area contributed by atoms with Gasteiger partial charge in [0.1, 0.15) is 18.1 Å². The molecular weight excluding hydrogens is 348 g/mol. The van der Waals surface area contributed by atoms with Crippen LogP contribution >= 0.6 is 11.3 Å². The van der Waals surface area contributed by atoms with Crippen LogP contribution in [0.1, 0.15) is 41.0 Å². The zero-order valence-electron chi connectivity index (χ0n) is 14.5. The van der Waals surface area contributed by atoms with E-state index in [1.165, 1.54) is 18.4 Å². The molecule has 3 aromatic rings. The van der Waals surface area contributed by atoms with Gasteiger partial charge in [-0.05, 0) is 77.4 Å². The summed E-state index contributed by atoms with van der Waals surface area (Å²) in [4.78, 5) is 11.0. The zero-order chi connectivity index (χ0) is 18.3. The first-order chi connectivity index (χ1) is 12.5. The number of ether oxygens (including phenoxy) is 1. The Kier molecular flexibility index (Phi) is 4.32. The Morgan fingerprint density at radius 1 is 1.23 bits per heavy atom. The number of fused-ring (bicyclic) bond motifs is 1. The van der Waals surface area contributed by atoms with E-state index in [4.69, 9.17) is 9.84 Å². The van der Waals surface area contributed by atoms with Crippen molar-refractivity contribution < 1.29 is 19.7 Å². The molecule has 1 saturated carbocycles. The van der Waals surface area contributed by atoms with E-state index in [-0.39, 0.29) is 6.42 Å². The molecule has 26 heavy (non-hydrogen) atoms. The van der Waals surface area contributed by atoms with E-state index in [1.54, 1.807) is 17.4 Å². The Morgan fingerprint density at radius 3 is 2.77 bits per heavy atom. The molecule has 1 aliphatic rings. The quantitative estimate of drug-likeness (QED) is 0.643. The van der Waals surface area contributed by atoms with Gasteiger partial charge >= 0.3 is 5.97 Å². The maximum atomic E-state index is 11.0. The summed E-state index contributed by atoms with van der Waals surface area (Å²) in [6.45, 7) is 2.48. The maximum Gasteiger partial charge on any atom is 0.307 e. The van der Waals surface area contributed by atoms with Crippen molar-refractivity contribution in [2.45, 2.75) is 38.7 Å². The molecule has 1 fully saturated rings. The molecule has 5 heteroatoms. The normalized spacial score (nSPS) is 13.9. The fourth-order valence-corrected chi connectivity index (χ4v) is 4.45. The van der Waals surface area contributed by atoms with Crippen LogP contribution in [0.3, 0.4) is 0 Å². The highest BCUT2D eigenvalue weighted by Gasteiger charge is 2.26. The van der Waals surface area contributed by atoms with Gasteiger partial charge in [0, 0.05) is 10.3 Å². The number of carbonyl (C=O) groups is 1. The largest absolute Gasteiger partial charge is 0.508 e. The summed E-state index contributed by atoms with van der Waals surface area (Å²) in [5, 5.41) is 21.7. The molecule has 0 spiro atoms. The second kappa shape index (κ2) is 6.65. The van der Waals surface area contributed by atoms with Crippen LogP contribution in [0.15, 0.2) is 35.7 Å². The fraction of sp³-hybridized carbons (Fsp3) is 0.286. The van der Waals surface area contributed by atoms with E-state index in [1.807, 2.05) is 36.6 Å². The van der Waals surface area contributed by atoms with Crippen LogP contribution in [-0.4, -0.2) is 16.2 Å². The number of phenolic OH excluding ortho intramolecular Hbond substituents is 1. The van der Waals surface area contributed by atoms with Gasteiger partial charge in [-0.25, -0.2) is 0 Å². The van der Waals surface area contributed by atoms with Crippen LogP contribution in [0.4, 0.5) is 0 Å². The summed E-state index contributed by atoms with van der Waals surface area (Å²) >= 11 is 1.56. The average Bonchev–Trinajstić information content (AvgIpc) is 3.37. The number of rotatable bonds is 6. The van der Waals surface area contributed by atoms with Gasteiger partial charge in [-0.15, -0.1) is 11.3 Å². The number of aryl methyl sites for hydroxylation is 1. The molecule has 0 saturated heterocycles. The van der Waals surface area contributed by atoms with Crippen molar-refractivity contribution >= 4 is 27.4 Å². The van der Waals surface area contributed by atoms with Gasteiger partial charge in [0.05, 0.1) is 6.42 Å². The van der Waals surface area contributed by atoms with Crippen molar-refractivity contribution in [1.82, 2.24) is 0 Å². The second-order valence-electron chi connectivity index (χ2n) is 6.84. The summed E-state index contributed by atoms with van der Waals surface area (Å²) in [5.74, 6) is 0.844. The number of hydrogen-bond donors (Lipinski definition) is 2. The third-order valence-electron chi connectivity index (χ3n) is 4.89. The number of thiophene rings is 1. The van der Waals surface area contributed by atoms with Crippen LogP contribution in [0.25, 0.3) is 10.1 Å². The number of phenols is 1. The van der Waals surface area contributed by atoms with Crippen molar-refractivity contribution in [2.24, 2.45) is 0 Å². The van der Waals surface area contributed by atoms with E-state index < -0.39 is 5.97 Å². The zero-order valence-corrected chi connectivity index (χ0v) is 15.3. The Morgan fingerprint density at radius 2 is 2.04 bits per heavy atom. The molecule has 0 atom stereocenters. The number of aromatic hydroxyl groups is 1. The van der Waals surface area contributed by atoms with E-state index >= 15 is 0 Å². The first-order valence-electron chi connectivity index (χ1n) is 8.69. The van der Waals surface area contributed by atoms with Gasteiger partial charge in [0.2, 0.25) is 0 Å². The predicted octanol–water partition coefficient (Wildman–Crippen LogP) is 5.00. The molecule has 0 radical (unpaired) electrons. The lowest BCUT2D eigenvalue weighted by Crippen LogP contribution is -2.01. The van der Waals surface area contributed by atoms with Gasteiger partial charge in [0.25, 0.3) is 0 Å². The topological polar surface area (TPSA) is 66.8 Å². The minimum Gasteiger partial charge on any atom is -0.508 e. The molecule has 4 nitrogen and oxygen atoms in total. The van der Waals surface area contributed by atoms with Gasteiger partial charge < -0.3 is 14.9 Å². The van der Waals surface area contributed by atoms with Crippen LogP contribution in [0.5, 0.6) is 11.5 Å². The molecular formula is C21H20O4S. The van der Waals surface area contributed by atoms with Gasteiger partial charge in [-0.2, -0.15) is 0 Å². The van der Waals surface area contributed by atoms with E-state index in [0.29, 0.717) is 18.3 Å². The molecule has 4 rings (SSSR count). The molecule has 2 N–H and O–H groups in total. The van der Waals surface area contributed by atoms with Crippen LogP contribution in [-0.2, 0) is 17.8 Å². The minimum atomic E-state index is -0.817. The van der Waals surface area contributed by atoms with Crippen molar-refractivity contribution in [3.63, 3.8) is 0 Å². The Labute approximate surface area is 155 Å².